The maximum Gasteiger partial charge on any atom is 0.309 e. The van der Waals surface area contributed by atoms with Gasteiger partial charge in [-0.1, -0.05) is 39.8 Å². The lowest BCUT2D eigenvalue weighted by atomic mass is 9.32. The summed E-state index contributed by atoms with van der Waals surface area (Å²) in [5.41, 5.74) is -0.394. The molecule has 0 aromatic rings. The van der Waals surface area contributed by atoms with Gasteiger partial charge in [0.15, 0.2) is 12.6 Å². The molecule has 0 spiro atoms. The van der Waals surface area contributed by atoms with Crippen LogP contribution in [0.1, 0.15) is 106 Å². The first kappa shape index (κ1) is 40.0. The molecule has 2 aliphatic heterocycles. The SMILES string of the molecule is C=C(C)[C@@H]1CC[C@]2(C(=O)O)CC[C@]3(C)C(CC[C@@H]4[C@@]5(C)CCC(OC6OC[C@H](O)[C@H](O)[C@H]6O[C@@H]6O[C@@H](C)[C@H](O)[C@@H](O)[C@H]6O)[C@@](C)(CO)[C@@H]5CC[C@]43C)[C@@H]12. The van der Waals surface area contributed by atoms with E-state index < -0.39 is 78.2 Å². The fraction of sp³-hybridized carbons (Fsp3) is 0.927. The maximum absolute atomic E-state index is 13.0. The average Bonchev–Trinajstić information content (AvgIpc) is 3.52. The van der Waals surface area contributed by atoms with Crippen molar-refractivity contribution in [3.8, 4) is 0 Å². The Morgan fingerprint density at radius 1 is 0.792 bits per heavy atom. The van der Waals surface area contributed by atoms with Crippen molar-refractivity contribution in [2.24, 2.45) is 56.7 Å². The largest absolute Gasteiger partial charge is 0.481 e. The summed E-state index contributed by atoms with van der Waals surface area (Å²) in [6.45, 7) is 17.1. The van der Waals surface area contributed by atoms with Gasteiger partial charge in [0.2, 0.25) is 0 Å². The minimum absolute atomic E-state index is 0.0140. The Morgan fingerprint density at radius 2 is 1.51 bits per heavy atom. The molecule has 53 heavy (non-hydrogen) atoms. The zero-order valence-corrected chi connectivity index (χ0v) is 32.5. The molecular weight excluding hydrogens is 684 g/mol. The number of carboxylic acid groups (broad SMARTS) is 1. The normalized spacial score (nSPS) is 56.7. The fourth-order valence-corrected chi connectivity index (χ4v) is 14.2. The molecule has 12 nitrogen and oxygen atoms in total. The Hall–Kier alpha value is -1.19. The second-order valence-electron chi connectivity index (χ2n) is 19.5. The van der Waals surface area contributed by atoms with E-state index in [9.17, 15) is 40.5 Å². The smallest absolute Gasteiger partial charge is 0.309 e. The van der Waals surface area contributed by atoms with Gasteiger partial charge in [-0.25, -0.2) is 0 Å². The van der Waals surface area contributed by atoms with Crippen molar-refractivity contribution in [3.05, 3.63) is 12.2 Å². The van der Waals surface area contributed by atoms with Crippen LogP contribution in [-0.4, -0.2) is 116 Å². The number of aliphatic hydroxyl groups excluding tert-OH is 6. The Morgan fingerprint density at radius 3 is 2.17 bits per heavy atom. The molecule has 2 heterocycles. The fourth-order valence-electron chi connectivity index (χ4n) is 14.2. The van der Waals surface area contributed by atoms with Crippen LogP contribution in [0, 0.1) is 56.7 Å². The lowest BCUT2D eigenvalue weighted by molar-refractivity contribution is -0.366. The second-order valence-corrected chi connectivity index (χ2v) is 19.5. The number of carboxylic acids is 1. The molecule has 0 amide bonds. The molecule has 0 aromatic carbocycles. The highest BCUT2D eigenvalue weighted by atomic mass is 16.8. The molecule has 7 rings (SSSR count). The average molecular weight is 751 g/mol. The maximum atomic E-state index is 13.0. The first-order valence-corrected chi connectivity index (χ1v) is 20.3. The Balaban J connectivity index is 1.14. The number of hydrogen-bond donors (Lipinski definition) is 7. The summed E-state index contributed by atoms with van der Waals surface area (Å²) in [7, 11) is 0. The standard InChI is InChI=1S/C41H66O12/c1-20(2)22-10-15-41(36(48)49)17-16-39(6)23(28(22)41)8-9-26-37(4)13-12-27(38(5,19-42)25(37)11-14-40(26,39)7)52-35-33(30(45)24(43)18-50-35)53-34-32(47)31(46)29(44)21(3)51-34/h21-35,42-47H,1,8-19H2,2-7H3,(H,48,49)/t21-,22-,23?,24-,25+,26+,27?,28+,29-,30-,31+,32+,33+,34-,35?,37-,38-,39+,40+,41-/m0/s1. The molecule has 7 N–H and O–H groups in total. The van der Waals surface area contributed by atoms with Gasteiger partial charge in [0.25, 0.3) is 0 Å². The molecule has 3 unspecified atom stereocenters. The Kier molecular flexibility index (Phi) is 10.4. The predicted molar refractivity (Wildman–Crippen MR) is 192 cm³/mol. The van der Waals surface area contributed by atoms with Crippen molar-refractivity contribution in [1.29, 1.82) is 0 Å². The third-order valence-corrected chi connectivity index (χ3v) is 17.4. The van der Waals surface area contributed by atoms with Gasteiger partial charge < -0.3 is 54.7 Å². The highest BCUT2D eigenvalue weighted by molar-refractivity contribution is 5.76. The molecule has 0 bridgehead atoms. The van der Waals surface area contributed by atoms with E-state index in [-0.39, 0.29) is 47.2 Å². The first-order chi connectivity index (χ1) is 24.8. The van der Waals surface area contributed by atoms with E-state index in [1.807, 2.05) is 0 Å². The molecule has 5 saturated carbocycles. The number of ether oxygens (including phenoxy) is 4. The number of allylic oxidation sites excluding steroid dienone is 1. The van der Waals surface area contributed by atoms with E-state index in [0.717, 1.165) is 56.9 Å². The Bertz CT molecular complexity index is 1410. The van der Waals surface area contributed by atoms with E-state index in [2.05, 4.69) is 41.2 Å². The van der Waals surface area contributed by atoms with Crippen LogP contribution >= 0.6 is 0 Å². The van der Waals surface area contributed by atoms with Gasteiger partial charge in [0.1, 0.15) is 36.6 Å². The second kappa shape index (κ2) is 13.7. The van der Waals surface area contributed by atoms with Crippen molar-refractivity contribution in [2.75, 3.05) is 13.2 Å². The number of fused-ring (bicyclic) bond motifs is 7. The van der Waals surface area contributed by atoms with Crippen LogP contribution in [0.25, 0.3) is 0 Å². The van der Waals surface area contributed by atoms with Gasteiger partial charge in [0, 0.05) is 5.41 Å². The van der Waals surface area contributed by atoms with Crippen molar-refractivity contribution in [3.63, 3.8) is 0 Å². The molecular formula is C41H66O12. The van der Waals surface area contributed by atoms with Crippen LogP contribution in [0.15, 0.2) is 12.2 Å². The van der Waals surface area contributed by atoms with Gasteiger partial charge in [0.05, 0.1) is 30.8 Å². The molecule has 0 aromatic heterocycles. The van der Waals surface area contributed by atoms with Gasteiger partial charge in [-0.15, -0.1) is 0 Å². The summed E-state index contributed by atoms with van der Waals surface area (Å²) in [6, 6.07) is 0. The van der Waals surface area contributed by atoms with Gasteiger partial charge in [-0.05, 0) is 124 Å². The molecule has 2 saturated heterocycles. The van der Waals surface area contributed by atoms with E-state index in [4.69, 9.17) is 18.9 Å². The van der Waals surface area contributed by atoms with Crippen LogP contribution in [0.3, 0.4) is 0 Å². The number of aliphatic hydroxyl groups is 6. The summed E-state index contributed by atoms with van der Waals surface area (Å²) in [5.74, 6) is 0.490. The van der Waals surface area contributed by atoms with E-state index in [0.29, 0.717) is 24.7 Å². The number of hydrogen-bond acceptors (Lipinski definition) is 11. The lowest BCUT2D eigenvalue weighted by Gasteiger charge is -2.73. The van der Waals surface area contributed by atoms with E-state index >= 15 is 0 Å². The van der Waals surface area contributed by atoms with Crippen LogP contribution in [0.4, 0.5) is 0 Å². The lowest BCUT2D eigenvalue weighted by Crippen LogP contribution is -2.68. The van der Waals surface area contributed by atoms with E-state index in [1.165, 1.54) is 6.92 Å². The monoisotopic (exact) mass is 750 g/mol. The number of aliphatic carboxylic acids is 1. The minimum Gasteiger partial charge on any atom is -0.481 e. The molecule has 7 fully saturated rings. The van der Waals surface area contributed by atoms with Crippen LogP contribution < -0.4 is 0 Å². The van der Waals surface area contributed by atoms with Gasteiger partial charge >= 0.3 is 5.97 Å². The highest BCUT2D eigenvalue weighted by Gasteiger charge is 2.72. The number of rotatable bonds is 7. The summed E-state index contributed by atoms with van der Waals surface area (Å²) in [5, 5.41) is 74.9. The van der Waals surface area contributed by atoms with Gasteiger partial charge in [-0.2, -0.15) is 0 Å². The molecule has 0 radical (unpaired) electrons. The molecule has 20 atom stereocenters. The predicted octanol–water partition coefficient (Wildman–Crippen LogP) is 3.38. The molecule has 5 aliphatic carbocycles. The topological polar surface area (TPSA) is 196 Å². The zero-order chi connectivity index (χ0) is 38.6. The van der Waals surface area contributed by atoms with Crippen LogP contribution in [0.5, 0.6) is 0 Å². The Labute approximate surface area is 314 Å². The van der Waals surface area contributed by atoms with E-state index in [1.54, 1.807) is 0 Å². The number of carbonyl (C=O) groups is 1. The highest BCUT2D eigenvalue weighted by Crippen LogP contribution is 2.77. The molecule has 12 heteroatoms. The molecule has 7 aliphatic rings. The van der Waals surface area contributed by atoms with Crippen LogP contribution in [0.2, 0.25) is 0 Å². The van der Waals surface area contributed by atoms with Crippen molar-refractivity contribution in [2.45, 2.75) is 167 Å². The summed E-state index contributed by atoms with van der Waals surface area (Å²) in [6.07, 6.45) is -3.90. The minimum atomic E-state index is -1.62. The zero-order valence-electron chi connectivity index (χ0n) is 32.5. The molecule has 302 valence electrons. The quantitative estimate of drug-likeness (QED) is 0.148. The summed E-state index contributed by atoms with van der Waals surface area (Å²) in [4.78, 5) is 13.0. The third-order valence-electron chi connectivity index (χ3n) is 17.4. The van der Waals surface area contributed by atoms with Crippen LogP contribution in [-0.2, 0) is 23.7 Å². The first-order valence-electron chi connectivity index (χ1n) is 20.3. The summed E-state index contributed by atoms with van der Waals surface area (Å²) < 4.78 is 24.3. The van der Waals surface area contributed by atoms with Crippen molar-refractivity contribution < 1.29 is 59.5 Å². The van der Waals surface area contributed by atoms with Crippen molar-refractivity contribution in [1.82, 2.24) is 0 Å². The summed E-state index contributed by atoms with van der Waals surface area (Å²) >= 11 is 0. The van der Waals surface area contributed by atoms with Crippen molar-refractivity contribution >= 4 is 5.97 Å². The van der Waals surface area contributed by atoms with Gasteiger partial charge in [-0.3, -0.25) is 4.79 Å². The third kappa shape index (κ3) is 5.69.